The summed E-state index contributed by atoms with van der Waals surface area (Å²) in [5, 5.41) is 37.5. The Balaban J connectivity index is 1.51. The lowest BCUT2D eigenvalue weighted by atomic mass is 10.1. The minimum Gasteiger partial charge on any atom is -0.505 e. The molecule has 23 heteroatoms. The molecule has 0 aliphatic carbocycles. The Kier molecular flexibility index (Phi) is 11.4. The molecule has 0 heterocycles. The Morgan fingerprint density at radius 2 is 1.31 bits per heavy atom. The van der Waals surface area contributed by atoms with Crippen LogP contribution in [0.5, 0.6) is 11.5 Å². The molecule has 0 aliphatic rings. The molecule has 0 atom stereocenters. The highest BCUT2D eigenvalue weighted by Gasteiger charge is 2.24. The average Bonchev–Trinajstić information content (AvgIpc) is 3.14. The number of nitrogens with two attached hydrogens (primary N) is 1. The fourth-order valence-corrected chi connectivity index (χ4v) is 7.93. The van der Waals surface area contributed by atoms with Gasteiger partial charge in [0.05, 0.1) is 32.9 Å². The summed E-state index contributed by atoms with van der Waals surface area (Å²) in [7, 11) is -14.7. The van der Waals surface area contributed by atoms with Gasteiger partial charge in [-0.15, -0.1) is 20.5 Å². The molecule has 6 rings (SSSR count). The van der Waals surface area contributed by atoms with Crippen LogP contribution in [0.2, 0.25) is 10.0 Å². The first-order valence-corrected chi connectivity index (χ1v) is 21.1. The average molecular weight is 890 g/mol. The predicted molar refractivity (Wildman–Crippen MR) is 215 cm³/mol. The fraction of sp³-hybridized carbons (Fsp3) is 0.0571. The number of rotatable bonds is 11. The lowest BCUT2D eigenvalue weighted by Crippen LogP contribution is -2.00. The summed E-state index contributed by atoms with van der Waals surface area (Å²) in [6.45, 7) is 1.61. The zero-order valence-corrected chi connectivity index (χ0v) is 33.1. The highest BCUT2D eigenvalue weighted by atomic mass is 35.5. The lowest BCUT2D eigenvalue weighted by molar-refractivity contribution is 0.342. The number of benzene rings is 6. The van der Waals surface area contributed by atoms with Gasteiger partial charge in [-0.25, -0.2) is 4.99 Å². The third-order valence-electron chi connectivity index (χ3n) is 8.13. The van der Waals surface area contributed by atoms with Gasteiger partial charge in [0, 0.05) is 33.5 Å². The Labute approximate surface area is 338 Å². The van der Waals surface area contributed by atoms with E-state index in [9.17, 15) is 49.1 Å². The van der Waals surface area contributed by atoms with Crippen molar-refractivity contribution in [2.45, 2.75) is 21.6 Å². The second-order valence-electron chi connectivity index (χ2n) is 12.0. The van der Waals surface area contributed by atoms with Crippen LogP contribution in [0.25, 0.3) is 21.5 Å². The number of hydrogen-bond donors (Lipinski definition) is 6. The van der Waals surface area contributed by atoms with E-state index in [2.05, 4.69) is 25.4 Å². The number of azo groups is 2. The predicted octanol–water partition coefficient (Wildman–Crippen LogP) is 9.19. The molecule has 7 N–H and O–H groups in total. The zero-order chi connectivity index (χ0) is 42.3. The quantitative estimate of drug-likeness (QED) is 0.0233. The van der Waals surface area contributed by atoms with Crippen LogP contribution >= 0.6 is 23.2 Å². The molecular formula is C35H26Cl2N6O12S3. The van der Waals surface area contributed by atoms with Crippen LogP contribution in [0.4, 0.5) is 34.1 Å². The van der Waals surface area contributed by atoms with E-state index in [0.29, 0.717) is 11.3 Å². The van der Waals surface area contributed by atoms with E-state index in [-0.39, 0.29) is 67.6 Å². The Morgan fingerprint density at radius 3 is 1.95 bits per heavy atom. The molecule has 0 spiro atoms. The van der Waals surface area contributed by atoms with Crippen molar-refractivity contribution < 1.29 is 53.9 Å². The lowest BCUT2D eigenvalue weighted by Gasteiger charge is -2.13. The van der Waals surface area contributed by atoms with Gasteiger partial charge in [0.1, 0.15) is 32.6 Å². The number of halogens is 2. The van der Waals surface area contributed by atoms with Gasteiger partial charge < -0.3 is 20.7 Å². The second-order valence-corrected chi connectivity index (χ2v) is 17.0. The van der Waals surface area contributed by atoms with Gasteiger partial charge in [-0.3, -0.25) is 13.7 Å². The van der Waals surface area contributed by atoms with Crippen molar-refractivity contribution in [1.82, 2.24) is 0 Å². The van der Waals surface area contributed by atoms with Crippen LogP contribution in [-0.4, -0.2) is 61.6 Å². The van der Waals surface area contributed by atoms with Gasteiger partial charge in [0.25, 0.3) is 30.4 Å². The molecule has 6 aromatic carbocycles. The first-order chi connectivity index (χ1) is 27.1. The molecule has 58 heavy (non-hydrogen) atoms. The number of nitrogen functional groups attached to an aromatic ring is 1. The van der Waals surface area contributed by atoms with Crippen LogP contribution in [-0.2, 0) is 30.4 Å². The fourth-order valence-electron chi connectivity index (χ4n) is 5.48. The van der Waals surface area contributed by atoms with Crippen LogP contribution in [0.3, 0.4) is 0 Å². The molecule has 0 aromatic heterocycles. The summed E-state index contributed by atoms with van der Waals surface area (Å²) >= 11 is 12.2. The summed E-state index contributed by atoms with van der Waals surface area (Å²) in [6, 6.07) is 17.6. The molecule has 0 aliphatic heterocycles. The van der Waals surface area contributed by atoms with E-state index in [4.69, 9.17) is 33.7 Å². The van der Waals surface area contributed by atoms with E-state index >= 15 is 0 Å². The minimum absolute atomic E-state index is 0.00242. The number of anilines is 1. The van der Waals surface area contributed by atoms with Gasteiger partial charge in [-0.05, 0) is 85.1 Å². The number of hydrogen-bond acceptors (Lipinski definition) is 14. The number of ether oxygens (including phenoxy) is 1. The van der Waals surface area contributed by atoms with E-state index in [1.54, 1.807) is 19.1 Å². The normalized spacial score (nSPS) is 13.0. The van der Waals surface area contributed by atoms with Crippen LogP contribution in [0, 0.1) is 0 Å². The maximum atomic E-state index is 12.7. The van der Waals surface area contributed by atoms with Crippen LogP contribution in [0.1, 0.15) is 12.5 Å². The zero-order valence-electron chi connectivity index (χ0n) is 29.2. The molecule has 0 bridgehead atoms. The standard InChI is InChI=1S/C35H26Cl2N6O12S3/c1-2-55-29-16-27(40-41-28-14-26(37)30(15-25(28)36)57(49,50)51)24-13-21(56(46,47)48)8-10-23(24)32(29)42-43-33-31(58(52,53)54)12-18-11-20(7-9-22(18)34(33)44)39-35(45)17-3-5-19(38)6-4-17/h3-16,44H,2,38H2,1H3,(H,39,45)(H,46,47,48)(H,49,50,51)(H,52,53,54). The smallest absolute Gasteiger partial charge is 0.296 e. The van der Waals surface area contributed by atoms with E-state index in [1.165, 1.54) is 42.5 Å². The SMILES string of the molecule is CCOc1cc(N=Nc2cc(Cl)c(S(=O)(=O)O)cc2Cl)c2cc(S(=O)(=O)O)ccc2c1N=Nc1c(S(=O)(=O)O)cc2cc(N=C(O)c3ccc(N)cc3)ccc2c1O. The van der Waals surface area contributed by atoms with Crippen molar-refractivity contribution in [3.8, 4) is 11.5 Å². The summed E-state index contributed by atoms with van der Waals surface area (Å²) in [5.74, 6) is -1.21. The van der Waals surface area contributed by atoms with Gasteiger partial charge in [0.2, 0.25) is 5.90 Å². The maximum Gasteiger partial charge on any atom is 0.296 e. The number of aliphatic hydroxyl groups excluding tert-OH is 1. The van der Waals surface area contributed by atoms with Crippen molar-refractivity contribution in [3.63, 3.8) is 0 Å². The first kappa shape index (κ1) is 41.8. The number of aromatic hydroxyl groups is 1. The summed E-state index contributed by atoms with van der Waals surface area (Å²) < 4.78 is 108. The van der Waals surface area contributed by atoms with Gasteiger partial charge in [0.15, 0.2) is 5.75 Å². The van der Waals surface area contributed by atoms with E-state index < -0.39 is 61.5 Å². The molecule has 0 amide bonds. The first-order valence-electron chi connectivity index (χ1n) is 16.1. The van der Waals surface area contributed by atoms with Crippen LogP contribution in [0.15, 0.2) is 125 Å². The molecule has 0 saturated carbocycles. The van der Waals surface area contributed by atoms with Gasteiger partial charge in [-0.2, -0.15) is 25.3 Å². The van der Waals surface area contributed by atoms with Gasteiger partial charge >= 0.3 is 0 Å². The topological polar surface area (TPSA) is 301 Å². The largest absolute Gasteiger partial charge is 0.505 e. The van der Waals surface area contributed by atoms with Crippen molar-refractivity contribution in [3.05, 3.63) is 101 Å². The van der Waals surface area contributed by atoms with Crippen molar-refractivity contribution in [2.75, 3.05) is 12.3 Å². The highest BCUT2D eigenvalue weighted by Crippen LogP contribution is 2.47. The minimum atomic E-state index is -5.11. The molecule has 0 saturated heterocycles. The van der Waals surface area contributed by atoms with Crippen LogP contribution < -0.4 is 10.5 Å². The third kappa shape index (κ3) is 8.85. The third-order valence-corrected chi connectivity index (χ3v) is 11.5. The molecule has 0 unspecified atom stereocenters. The van der Waals surface area contributed by atoms with Gasteiger partial charge in [-0.1, -0.05) is 29.3 Å². The van der Waals surface area contributed by atoms with Crippen molar-refractivity contribution in [2.24, 2.45) is 25.4 Å². The number of aliphatic imine (C=N–C) groups is 1. The molecular weight excluding hydrogens is 864 g/mol. The Hall–Kier alpha value is -5.78. The number of aliphatic hydroxyl groups is 1. The molecule has 0 radical (unpaired) electrons. The summed E-state index contributed by atoms with van der Waals surface area (Å²) in [4.78, 5) is 1.97. The number of nitrogens with zero attached hydrogens (tertiary/aromatic N) is 5. The summed E-state index contributed by atoms with van der Waals surface area (Å²) in [5.41, 5.74) is 5.46. The van der Waals surface area contributed by atoms with E-state index in [0.717, 1.165) is 30.3 Å². The Morgan fingerprint density at radius 1 is 0.672 bits per heavy atom. The molecule has 18 nitrogen and oxygen atoms in total. The van der Waals surface area contributed by atoms with Crippen molar-refractivity contribution in [1.29, 1.82) is 0 Å². The number of fused-ring (bicyclic) bond motifs is 2. The second kappa shape index (κ2) is 15.9. The monoisotopic (exact) mass is 888 g/mol. The maximum absolute atomic E-state index is 12.7. The van der Waals surface area contributed by atoms with Crippen molar-refractivity contribution >= 4 is 115 Å². The molecule has 6 aromatic rings. The highest BCUT2D eigenvalue weighted by molar-refractivity contribution is 7.86. The van der Waals surface area contributed by atoms with E-state index in [1.807, 2.05) is 0 Å². The number of phenolic OH excluding ortho intramolecular Hbond substituents is 1. The summed E-state index contributed by atoms with van der Waals surface area (Å²) in [6.07, 6.45) is 0. The molecule has 300 valence electrons. The Bertz CT molecular complexity index is 3110. The number of phenols is 1. The molecule has 0 fully saturated rings.